The maximum Gasteiger partial charge on any atom is 0.549 e. The highest BCUT2D eigenvalue weighted by molar-refractivity contribution is 6.01. The van der Waals surface area contributed by atoms with E-state index < -0.39 is 29.6 Å². The van der Waals surface area contributed by atoms with Crippen molar-refractivity contribution < 1.29 is 34.0 Å². The molecule has 4 aliphatic carbocycles. The lowest BCUT2D eigenvalue weighted by molar-refractivity contribution is -0.252. The number of ether oxygens (including phenoxy) is 1. The third-order valence-corrected chi connectivity index (χ3v) is 8.23. The molecule has 0 aromatic carbocycles. The second kappa shape index (κ2) is 7.52. The van der Waals surface area contributed by atoms with Gasteiger partial charge in [-0.2, -0.15) is 4.79 Å². The van der Waals surface area contributed by atoms with Crippen LogP contribution in [0.15, 0.2) is 23.8 Å². The first kappa shape index (κ1) is 21.1. The molecule has 0 radical (unpaired) electrons. The first-order chi connectivity index (χ1) is 14.2. The summed E-state index contributed by atoms with van der Waals surface area (Å²) < 4.78 is 4.63. The molecule has 7 heteroatoms. The van der Waals surface area contributed by atoms with Crippen LogP contribution in [0.5, 0.6) is 0 Å². The van der Waals surface area contributed by atoms with Gasteiger partial charge in [0, 0.05) is 11.3 Å². The number of carbonyl (C=O) groups excluding carboxylic acids is 3. The molecule has 0 heterocycles. The van der Waals surface area contributed by atoms with Crippen LogP contribution in [0.25, 0.3) is 0 Å². The van der Waals surface area contributed by atoms with Crippen molar-refractivity contribution >= 4 is 17.9 Å². The number of carbonyl (C=O) groups is 3. The molecule has 0 amide bonds. The molecule has 3 fully saturated rings. The molecular formula is C23H30O7. The Kier molecular flexibility index (Phi) is 5.29. The Hall–Kier alpha value is -2.15. The zero-order valence-electron chi connectivity index (χ0n) is 17.8. The molecule has 0 unspecified atom stereocenters. The van der Waals surface area contributed by atoms with Gasteiger partial charge >= 0.3 is 12.1 Å². The molecule has 30 heavy (non-hydrogen) atoms. The fourth-order valence-corrected chi connectivity index (χ4v) is 6.99. The van der Waals surface area contributed by atoms with Gasteiger partial charge in [-0.15, -0.1) is 0 Å². The number of fused-ring (bicyclic) bond motifs is 5. The van der Waals surface area contributed by atoms with Crippen LogP contribution < -0.4 is 0 Å². The molecular weight excluding hydrogens is 388 g/mol. The molecule has 4 aliphatic rings. The van der Waals surface area contributed by atoms with Crippen molar-refractivity contribution in [3.8, 4) is 0 Å². The molecule has 1 N–H and O–H groups in total. The van der Waals surface area contributed by atoms with Gasteiger partial charge < -0.3 is 9.84 Å². The monoisotopic (exact) mass is 418 g/mol. The summed E-state index contributed by atoms with van der Waals surface area (Å²) in [5, 5.41) is 11.3. The Morgan fingerprint density at radius 2 is 1.97 bits per heavy atom. The Balaban J connectivity index is 1.54. The van der Waals surface area contributed by atoms with E-state index in [-0.39, 0.29) is 35.6 Å². The lowest BCUT2D eigenvalue weighted by Gasteiger charge is -2.58. The topological polar surface area (TPSA) is 99.1 Å². The van der Waals surface area contributed by atoms with E-state index in [0.29, 0.717) is 12.8 Å². The summed E-state index contributed by atoms with van der Waals surface area (Å²) in [6.45, 7) is 5.94. The summed E-state index contributed by atoms with van der Waals surface area (Å²) in [4.78, 5) is 45.2. The summed E-state index contributed by atoms with van der Waals surface area (Å²) in [5.74, 6) is -0.477. The number of rotatable bonds is 2. The van der Waals surface area contributed by atoms with E-state index in [1.54, 1.807) is 19.1 Å². The predicted molar refractivity (Wildman–Crippen MR) is 106 cm³/mol. The smallest absolute Gasteiger partial charge is 0.432 e. The van der Waals surface area contributed by atoms with Gasteiger partial charge in [0.1, 0.15) is 0 Å². The number of aliphatic hydroxyl groups excluding tert-OH is 1. The van der Waals surface area contributed by atoms with Gasteiger partial charge in [-0.05, 0) is 68.4 Å². The van der Waals surface area contributed by atoms with Crippen LogP contribution in [-0.2, 0) is 24.1 Å². The van der Waals surface area contributed by atoms with E-state index in [4.69, 9.17) is 4.89 Å². The van der Waals surface area contributed by atoms with Crippen LogP contribution in [0, 0.1) is 34.5 Å². The van der Waals surface area contributed by atoms with Gasteiger partial charge in [-0.3, -0.25) is 4.79 Å². The van der Waals surface area contributed by atoms with Gasteiger partial charge in [0.05, 0.1) is 18.6 Å². The average molecular weight is 418 g/mol. The third kappa shape index (κ3) is 3.18. The van der Waals surface area contributed by atoms with Gasteiger partial charge in [0.25, 0.3) is 0 Å². The van der Waals surface area contributed by atoms with Crippen LogP contribution in [0.2, 0.25) is 0 Å². The van der Waals surface area contributed by atoms with Gasteiger partial charge in [-0.25, -0.2) is 14.6 Å². The largest absolute Gasteiger partial charge is 0.549 e. The van der Waals surface area contributed by atoms with E-state index in [9.17, 15) is 19.5 Å². The maximum atomic E-state index is 12.7. The summed E-state index contributed by atoms with van der Waals surface area (Å²) in [6.07, 6.45) is 7.39. The molecule has 0 aromatic heterocycles. The molecule has 4 rings (SSSR count). The molecule has 7 nitrogen and oxygen atoms in total. The van der Waals surface area contributed by atoms with E-state index in [0.717, 1.165) is 24.8 Å². The highest BCUT2D eigenvalue weighted by Gasteiger charge is 2.63. The standard InChI is InChI=1S/C23H30O7/c1-4-28-21(27)30-29-20(26)17-8-7-16-15-6-5-13-11-14(24)9-10-22(13,2)19(15)18(25)12-23(16,17)3/h9-11,15-19,25H,4-8,12H2,1-3H3/t15-,16-,17+,18-,19+,22-,23-/m0/s1. The Morgan fingerprint density at radius 3 is 2.70 bits per heavy atom. The van der Waals surface area contributed by atoms with E-state index >= 15 is 0 Å². The number of aliphatic hydroxyl groups is 1. The molecule has 0 saturated heterocycles. The van der Waals surface area contributed by atoms with Crippen molar-refractivity contribution in [1.29, 1.82) is 0 Å². The van der Waals surface area contributed by atoms with Crippen LogP contribution in [0.1, 0.15) is 52.9 Å². The van der Waals surface area contributed by atoms with E-state index in [2.05, 4.69) is 16.5 Å². The first-order valence-corrected chi connectivity index (χ1v) is 10.9. The Labute approximate surface area is 176 Å². The molecule has 0 aliphatic heterocycles. The zero-order valence-corrected chi connectivity index (χ0v) is 17.8. The minimum absolute atomic E-state index is 0.0151. The van der Waals surface area contributed by atoms with Gasteiger partial charge in [-0.1, -0.05) is 25.5 Å². The van der Waals surface area contributed by atoms with E-state index in [1.807, 2.05) is 13.0 Å². The van der Waals surface area contributed by atoms with E-state index in [1.165, 1.54) is 0 Å². The SMILES string of the molecule is CCOC(=O)OOC(=O)[C@H]1CC[C@H]2[C@@H]3CCC4=CC(=O)C=C[C@]4(C)[C@H]3[C@@H](O)C[C@]12C. The van der Waals surface area contributed by atoms with Crippen molar-refractivity contribution in [2.24, 2.45) is 34.5 Å². The van der Waals surface area contributed by atoms with Crippen LogP contribution in [-0.4, -0.2) is 35.7 Å². The normalized spacial score (nSPS) is 41.8. The fourth-order valence-electron chi connectivity index (χ4n) is 6.99. The number of ketones is 1. The first-order valence-electron chi connectivity index (χ1n) is 10.9. The lowest BCUT2D eigenvalue weighted by atomic mass is 9.47. The summed E-state index contributed by atoms with van der Waals surface area (Å²) in [6, 6.07) is 0. The lowest BCUT2D eigenvalue weighted by Crippen LogP contribution is -2.56. The van der Waals surface area contributed by atoms with Crippen molar-refractivity contribution in [2.75, 3.05) is 6.61 Å². The second-order valence-electron chi connectivity index (χ2n) is 9.60. The highest BCUT2D eigenvalue weighted by atomic mass is 17.2. The summed E-state index contributed by atoms with van der Waals surface area (Å²) in [5.41, 5.74) is 0.348. The average Bonchev–Trinajstić information content (AvgIpc) is 3.03. The van der Waals surface area contributed by atoms with Gasteiger partial charge in [0.2, 0.25) is 0 Å². The quantitative estimate of drug-likeness (QED) is 0.416. The zero-order chi connectivity index (χ0) is 21.7. The minimum Gasteiger partial charge on any atom is -0.432 e. The number of allylic oxidation sites excluding steroid dienone is 4. The maximum absolute atomic E-state index is 12.7. The highest BCUT2D eigenvalue weighted by Crippen LogP contribution is 2.66. The Bertz CT molecular complexity index is 814. The van der Waals surface area contributed by atoms with Crippen LogP contribution in [0.3, 0.4) is 0 Å². The van der Waals surface area contributed by atoms with Crippen LogP contribution >= 0.6 is 0 Å². The minimum atomic E-state index is -1.03. The van der Waals surface area contributed by atoms with Crippen molar-refractivity contribution in [1.82, 2.24) is 0 Å². The van der Waals surface area contributed by atoms with Gasteiger partial charge in [0.15, 0.2) is 5.78 Å². The second-order valence-corrected chi connectivity index (χ2v) is 9.60. The number of hydrogen-bond donors (Lipinski definition) is 1. The van der Waals surface area contributed by atoms with Crippen molar-refractivity contribution in [3.05, 3.63) is 23.8 Å². The molecule has 7 atom stereocenters. The molecule has 0 bridgehead atoms. The Morgan fingerprint density at radius 1 is 1.20 bits per heavy atom. The molecule has 164 valence electrons. The number of hydrogen-bond acceptors (Lipinski definition) is 7. The molecule has 3 saturated carbocycles. The van der Waals surface area contributed by atoms with Crippen LogP contribution in [0.4, 0.5) is 4.79 Å². The fraction of sp³-hybridized carbons (Fsp3) is 0.696. The third-order valence-electron chi connectivity index (χ3n) is 8.23. The summed E-state index contributed by atoms with van der Waals surface area (Å²) >= 11 is 0. The van der Waals surface area contributed by atoms with Crippen molar-refractivity contribution in [2.45, 2.75) is 59.0 Å². The molecule has 0 aromatic rings. The van der Waals surface area contributed by atoms with Crippen molar-refractivity contribution in [3.63, 3.8) is 0 Å². The summed E-state index contributed by atoms with van der Waals surface area (Å²) in [7, 11) is 0. The predicted octanol–water partition coefficient (Wildman–Crippen LogP) is 3.51. The molecule has 0 spiro atoms.